The van der Waals surface area contributed by atoms with Crippen molar-refractivity contribution in [3.05, 3.63) is 71.9 Å². The molecule has 0 N–H and O–H groups in total. The molecule has 86 valence electrons. The van der Waals surface area contributed by atoms with Crippen molar-refractivity contribution in [3.63, 3.8) is 0 Å². The maximum atomic E-state index is 13.9. The van der Waals surface area contributed by atoms with E-state index in [4.69, 9.17) is 11.6 Å². The van der Waals surface area contributed by atoms with E-state index >= 15 is 0 Å². The number of hydrogen-bond donors (Lipinski definition) is 0. The van der Waals surface area contributed by atoms with Crippen molar-refractivity contribution < 1.29 is 4.39 Å². The van der Waals surface area contributed by atoms with Crippen LogP contribution in [0, 0.1) is 12.7 Å². The summed E-state index contributed by atoms with van der Waals surface area (Å²) in [5, 5.41) is 0.0790. The molecule has 0 bridgehead atoms. The van der Waals surface area contributed by atoms with Crippen LogP contribution < -0.4 is 0 Å². The van der Waals surface area contributed by atoms with Crippen LogP contribution in [0.5, 0.6) is 0 Å². The molecule has 2 aromatic carbocycles. The summed E-state index contributed by atoms with van der Waals surface area (Å²) >= 11 is 5.84. The molecule has 0 unspecified atom stereocenters. The Labute approximate surface area is 105 Å². The van der Waals surface area contributed by atoms with Gasteiger partial charge in [0.15, 0.2) is 0 Å². The van der Waals surface area contributed by atoms with Gasteiger partial charge in [0.25, 0.3) is 0 Å². The van der Waals surface area contributed by atoms with Crippen molar-refractivity contribution in [2.24, 2.45) is 0 Å². The average molecular weight is 246 g/mol. The van der Waals surface area contributed by atoms with E-state index in [2.05, 4.69) is 13.5 Å². The predicted octanol–water partition coefficient (Wildman–Crippen LogP) is 4.97. The summed E-state index contributed by atoms with van der Waals surface area (Å²) in [4.78, 5) is 0. The van der Waals surface area contributed by atoms with Crippen LogP contribution in [0.4, 0.5) is 4.39 Å². The minimum atomic E-state index is -0.425. The molecule has 0 aromatic heterocycles. The molecule has 0 saturated carbocycles. The van der Waals surface area contributed by atoms with Crippen LogP contribution in [0.1, 0.15) is 11.1 Å². The predicted molar refractivity (Wildman–Crippen MR) is 71.4 cm³/mol. The Morgan fingerprint density at radius 3 is 2.35 bits per heavy atom. The lowest BCUT2D eigenvalue weighted by molar-refractivity contribution is 0.631. The fourth-order valence-corrected chi connectivity index (χ4v) is 1.78. The Bertz CT molecular complexity index is 556. The van der Waals surface area contributed by atoms with Crippen LogP contribution in [-0.4, -0.2) is 0 Å². The molecule has 0 spiro atoms. The molecule has 0 heterocycles. The normalized spacial score (nSPS) is 10.2. The van der Waals surface area contributed by atoms with E-state index in [1.807, 2.05) is 24.3 Å². The van der Waals surface area contributed by atoms with Crippen molar-refractivity contribution in [1.29, 1.82) is 0 Å². The van der Waals surface area contributed by atoms with E-state index in [9.17, 15) is 4.39 Å². The van der Waals surface area contributed by atoms with E-state index in [1.165, 1.54) is 0 Å². The summed E-state index contributed by atoms with van der Waals surface area (Å²) < 4.78 is 13.9. The maximum absolute atomic E-state index is 13.9. The quantitative estimate of drug-likeness (QED) is 0.655. The lowest BCUT2D eigenvalue weighted by Crippen LogP contribution is -1.88. The van der Waals surface area contributed by atoms with Crippen LogP contribution in [0.15, 0.2) is 43.0 Å². The molecular formula is C15H11ClF-. The maximum Gasteiger partial charge on any atom is 0.0935 e. The molecule has 0 aliphatic rings. The second-order valence-electron chi connectivity index (χ2n) is 3.73. The fourth-order valence-electron chi connectivity index (χ4n) is 1.61. The number of benzene rings is 2. The average Bonchev–Trinajstić information content (AvgIpc) is 2.36. The molecule has 2 rings (SSSR count). The van der Waals surface area contributed by atoms with Gasteiger partial charge in [-0.1, -0.05) is 36.9 Å². The van der Waals surface area contributed by atoms with Gasteiger partial charge in [-0.3, -0.25) is 0 Å². The molecule has 2 heteroatoms. The Morgan fingerprint density at radius 2 is 1.76 bits per heavy atom. The van der Waals surface area contributed by atoms with Crippen molar-refractivity contribution in [2.45, 2.75) is 0 Å². The highest BCUT2D eigenvalue weighted by atomic mass is 35.5. The minimum Gasteiger partial charge on any atom is -0.219 e. The highest BCUT2D eigenvalue weighted by Gasteiger charge is 2.05. The monoisotopic (exact) mass is 245 g/mol. The first-order chi connectivity index (χ1) is 8.13. The summed E-state index contributed by atoms with van der Waals surface area (Å²) in [6, 6.07) is 10.8. The van der Waals surface area contributed by atoms with Gasteiger partial charge in [-0.15, -0.1) is 6.07 Å². The van der Waals surface area contributed by atoms with Crippen molar-refractivity contribution >= 4 is 17.7 Å². The van der Waals surface area contributed by atoms with Gasteiger partial charge in [0.1, 0.15) is 0 Å². The topological polar surface area (TPSA) is 0 Å². The third-order valence-electron chi connectivity index (χ3n) is 2.62. The summed E-state index contributed by atoms with van der Waals surface area (Å²) in [5.41, 5.74) is 2.76. The molecule has 2 aromatic rings. The summed E-state index contributed by atoms with van der Waals surface area (Å²) in [6.45, 7) is 7.33. The van der Waals surface area contributed by atoms with E-state index in [0.717, 1.165) is 11.1 Å². The highest BCUT2D eigenvalue weighted by molar-refractivity contribution is 6.32. The van der Waals surface area contributed by atoms with Crippen LogP contribution in [0.2, 0.25) is 5.02 Å². The second-order valence-corrected chi connectivity index (χ2v) is 4.10. The van der Waals surface area contributed by atoms with Crippen LogP contribution in [0.3, 0.4) is 0 Å². The molecule has 0 aliphatic carbocycles. The number of hydrogen-bond acceptors (Lipinski definition) is 0. The molecule has 17 heavy (non-hydrogen) atoms. The highest BCUT2D eigenvalue weighted by Crippen LogP contribution is 2.30. The largest absolute Gasteiger partial charge is 0.219 e. The summed E-state index contributed by atoms with van der Waals surface area (Å²) in [5.74, 6) is -0.425. The van der Waals surface area contributed by atoms with Crippen LogP contribution in [-0.2, 0) is 0 Å². The molecule has 0 amide bonds. The zero-order valence-electron chi connectivity index (χ0n) is 9.21. The van der Waals surface area contributed by atoms with Gasteiger partial charge in [0.2, 0.25) is 0 Å². The summed E-state index contributed by atoms with van der Waals surface area (Å²) in [7, 11) is 0. The van der Waals surface area contributed by atoms with Gasteiger partial charge in [0, 0.05) is 0 Å². The zero-order valence-corrected chi connectivity index (χ0v) is 9.97. The Balaban J connectivity index is 2.53. The third kappa shape index (κ3) is 2.20. The van der Waals surface area contributed by atoms with Gasteiger partial charge in [-0.2, -0.15) is 30.2 Å². The van der Waals surface area contributed by atoms with Gasteiger partial charge in [-0.25, -0.2) is 4.39 Å². The molecule has 0 aliphatic heterocycles. The molecule has 0 saturated heterocycles. The lowest BCUT2D eigenvalue weighted by Gasteiger charge is -2.13. The van der Waals surface area contributed by atoms with Gasteiger partial charge in [0.05, 0.1) is 5.82 Å². The first kappa shape index (κ1) is 11.7. The van der Waals surface area contributed by atoms with Gasteiger partial charge >= 0.3 is 0 Å². The third-order valence-corrected chi connectivity index (χ3v) is 3.03. The van der Waals surface area contributed by atoms with Crippen LogP contribution in [0.25, 0.3) is 17.2 Å². The second kappa shape index (κ2) is 4.64. The summed E-state index contributed by atoms with van der Waals surface area (Å²) in [6.07, 6.45) is 1.74. The van der Waals surface area contributed by atoms with Crippen molar-refractivity contribution in [2.75, 3.05) is 0 Å². The Kier molecular flexibility index (Phi) is 3.21. The van der Waals surface area contributed by atoms with Gasteiger partial charge in [-0.05, 0) is 21.7 Å². The van der Waals surface area contributed by atoms with E-state index in [-0.39, 0.29) is 5.02 Å². The molecule has 0 atom stereocenters. The van der Waals surface area contributed by atoms with Crippen molar-refractivity contribution in [1.82, 2.24) is 0 Å². The van der Waals surface area contributed by atoms with Gasteiger partial charge < -0.3 is 0 Å². The van der Waals surface area contributed by atoms with Crippen LogP contribution >= 0.6 is 11.6 Å². The van der Waals surface area contributed by atoms with E-state index < -0.39 is 5.82 Å². The lowest BCUT2D eigenvalue weighted by atomic mass is 10.0. The molecule has 0 fully saturated rings. The Hall–Kier alpha value is -1.73. The molecule has 0 nitrogen and oxygen atoms in total. The molecular weight excluding hydrogens is 235 g/mol. The number of halogens is 2. The first-order valence-electron chi connectivity index (χ1n) is 5.16. The van der Waals surface area contributed by atoms with E-state index in [0.29, 0.717) is 11.1 Å². The first-order valence-corrected chi connectivity index (χ1v) is 5.54. The zero-order chi connectivity index (χ0) is 12.4. The molecule has 0 radical (unpaired) electrons. The number of rotatable bonds is 2. The Morgan fingerprint density at radius 1 is 1.12 bits per heavy atom. The fraction of sp³-hybridized carbons (Fsp3) is 0. The SMILES string of the molecule is C=Cc1ccc(-c2ccc([CH2-])c(Cl)c2F)cc1. The van der Waals surface area contributed by atoms with Crippen molar-refractivity contribution in [3.8, 4) is 11.1 Å². The smallest absolute Gasteiger partial charge is 0.0935 e. The van der Waals surface area contributed by atoms with E-state index in [1.54, 1.807) is 18.2 Å². The standard InChI is InChI=1S/C15H11ClF/c1-3-11-5-7-12(8-6-11)13-9-4-10(2)14(16)15(13)17/h3-9H,1-2H2/q-1. The minimum absolute atomic E-state index is 0.0790.